The van der Waals surface area contributed by atoms with Gasteiger partial charge in [0, 0.05) is 23.5 Å². The van der Waals surface area contributed by atoms with Gasteiger partial charge in [0.15, 0.2) is 0 Å². The number of fused-ring (bicyclic) bond motifs is 1. The summed E-state index contributed by atoms with van der Waals surface area (Å²) < 4.78 is 72.2. The summed E-state index contributed by atoms with van der Waals surface area (Å²) in [7, 11) is 0. The number of carbonyl (C=O) groups is 1. The molecular weight excluding hydrogens is 578 g/mol. The molecule has 0 aliphatic carbocycles. The van der Waals surface area contributed by atoms with E-state index in [1.165, 1.54) is 36.4 Å². The molecule has 1 aliphatic heterocycles. The zero-order chi connectivity index (χ0) is 31.2. The Hall–Kier alpha value is -4.77. The second-order valence-corrected chi connectivity index (χ2v) is 11.4. The van der Waals surface area contributed by atoms with Gasteiger partial charge >= 0.3 is 5.97 Å². The van der Waals surface area contributed by atoms with Crippen LogP contribution < -0.4 is 4.74 Å². The quantitative estimate of drug-likeness (QED) is 0.190. The van der Waals surface area contributed by atoms with Crippen LogP contribution in [0.4, 0.5) is 17.6 Å². The smallest absolute Gasteiger partial charge is 0.335 e. The minimum Gasteiger partial charge on any atom is -0.478 e. The van der Waals surface area contributed by atoms with E-state index < -0.39 is 35.8 Å². The fourth-order valence-electron chi connectivity index (χ4n) is 5.48. The van der Waals surface area contributed by atoms with Crippen molar-refractivity contribution in [2.75, 3.05) is 13.2 Å². The average molecular weight is 606 g/mol. The third kappa shape index (κ3) is 5.50. The molecule has 3 heterocycles. The minimum atomic E-state index is -1.09. The first-order valence-corrected chi connectivity index (χ1v) is 13.8. The van der Waals surface area contributed by atoms with Gasteiger partial charge < -0.3 is 19.1 Å². The Balaban J connectivity index is 1.32. The van der Waals surface area contributed by atoms with E-state index in [0.717, 1.165) is 24.3 Å². The molecule has 44 heavy (non-hydrogen) atoms. The van der Waals surface area contributed by atoms with Crippen molar-refractivity contribution in [1.29, 1.82) is 0 Å². The number of imidazole rings is 1. The van der Waals surface area contributed by atoms with Gasteiger partial charge in [-0.3, -0.25) is 0 Å². The largest absolute Gasteiger partial charge is 0.478 e. The molecular formula is C33H27F4N3O4. The summed E-state index contributed by atoms with van der Waals surface area (Å²) in [5.74, 6) is -3.67. The molecule has 1 unspecified atom stereocenters. The summed E-state index contributed by atoms with van der Waals surface area (Å²) in [6.07, 6.45) is -0.0719. The molecule has 3 aromatic carbocycles. The molecule has 226 valence electrons. The van der Waals surface area contributed by atoms with Crippen molar-refractivity contribution in [3.8, 4) is 17.1 Å². The zero-order valence-corrected chi connectivity index (χ0v) is 23.8. The van der Waals surface area contributed by atoms with Crippen LogP contribution in [0.1, 0.15) is 47.2 Å². The van der Waals surface area contributed by atoms with Crippen LogP contribution in [0.25, 0.3) is 22.3 Å². The number of aromatic carboxylic acids is 1. The maximum absolute atomic E-state index is 15.6. The number of benzene rings is 3. The Labute approximate surface area is 249 Å². The van der Waals surface area contributed by atoms with E-state index in [9.17, 15) is 18.7 Å². The molecule has 6 rings (SSSR count). The Bertz CT molecular complexity index is 1890. The second-order valence-electron chi connectivity index (χ2n) is 11.4. The van der Waals surface area contributed by atoms with E-state index in [0.29, 0.717) is 30.1 Å². The molecule has 1 N–H and O–H groups in total. The van der Waals surface area contributed by atoms with Gasteiger partial charge in [0.1, 0.15) is 35.7 Å². The zero-order valence-electron chi connectivity index (χ0n) is 23.8. The monoisotopic (exact) mass is 605 g/mol. The van der Waals surface area contributed by atoms with Gasteiger partial charge in [-0.05, 0) is 54.1 Å². The summed E-state index contributed by atoms with van der Waals surface area (Å²) in [6.45, 7) is 4.43. The van der Waals surface area contributed by atoms with Gasteiger partial charge in [0.25, 0.3) is 0 Å². The topological polar surface area (TPSA) is 86.5 Å². The number of nitrogens with zero attached hydrogens (tertiary/aromatic N) is 3. The molecule has 0 spiro atoms. The molecule has 1 aliphatic rings. The van der Waals surface area contributed by atoms with E-state index in [1.807, 2.05) is 18.4 Å². The fraction of sp³-hybridized carbons (Fsp3) is 0.242. The highest BCUT2D eigenvalue weighted by Crippen LogP contribution is 2.40. The molecule has 11 heteroatoms. The van der Waals surface area contributed by atoms with Crippen LogP contribution in [0.5, 0.6) is 5.88 Å². The lowest BCUT2D eigenvalue weighted by Crippen LogP contribution is -2.27. The number of carboxylic acids is 1. The Morgan fingerprint density at radius 3 is 2.43 bits per heavy atom. The van der Waals surface area contributed by atoms with E-state index in [2.05, 4.69) is 9.97 Å². The van der Waals surface area contributed by atoms with Crippen LogP contribution in [0.15, 0.2) is 66.7 Å². The highest BCUT2D eigenvalue weighted by Gasteiger charge is 2.39. The highest BCUT2D eigenvalue weighted by atomic mass is 19.1. The summed E-state index contributed by atoms with van der Waals surface area (Å²) in [4.78, 5) is 20.6. The summed E-state index contributed by atoms with van der Waals surface area (Å²) in [6, 6.07) is 14.4. The van der Waals surface area contributed by atoms with E-state index >= 15 is 8.78 Å². The fourth-order valence-corrected chi connectivity index (χ4v) is 5.48. The molecule has 7 nitrogen and oxygen atoms in total. The predicted molar refractivity (Wildman–Crippen MR) is 153 cm³/mol. The lowest BCUT2D eigenvalue weighted by Gasteiger charge is -2.28. The van der Waals surface area contributed by atoms with Crippen molar-refractivity contribution >= 4 is 17.0 Å². The third-order valence-electron chi connectivity index (χ3n) is 7.88. The van der Waals surface area contributed by atoms with Crippen LogP contribution in [0.2, 0.25) is 0 Å². The number of hydrogen-bond acceptors (Lipinski definition) is 5. The molecule has 0 amide bonds. The number of ether oxygens (including phenoxy) is 2. The van der Waals surface area contributed by atoms with Crippen molar-refractivity contribution in [1.82, 2.24) is 14.5 Å². The van der Waals surface area contributed by atoms with Gasteiger partial charge in [-0.15, -0.1) is 0 Å². The van der Waals surface area contributed by atoms with E-state index in [-0.39, 0.29) is 51.7 Å². The first kappa shape index (κ1) is 29.3. The van der Waals surface area contributed by atoms with Crippen LogP contribution >= 0.6 is 0 Å². The maximum Gasteiger partial charge on any atom is 0.335 e. The Morgan fingerprint density at radius 2 is 1.73 bits per heavy atom. The number of hydrogen-bond donors (Lipinski definition) is 1. The molecule has 1 saturated heterocycles. The molecule has 1 fully saturated rings. The van der Waals surface area contributed by atoms with Crippen LogP contribution in [-0.2, 0) is 17.8 Å². The van der Waals surface area contributed by atoms with Crippen LogP contribution in [-0.4, -0.2) is 38.8 Å². The van der Waals surface area contributed by atoms with Crippen molar-refractivity contribution in [3.63, 3.8) is 0 Å². The normalized spacial score (nSPS) is 16.0. The molecule has 2 aromatic heterocycles. The third-order valence-corrected chi connectivity index (χ3v) is 7.88. The van der Waals surface area contributed by atoms with Crippen molar-refractivity contribution in [2.45, 2.75) is 32.9 Å². The number of halogens is 4. The Morgan fingerprint density at radius 1 is 0.977 bits per heavy atom. The van der Waals surface area contributed by atoms with Gasteiger partial charge in [-0.2, -0.15) is 0 Å². The number of carboxylic acid groups (broad SMARTS) is 1. The van der Waals surface area contributed by atoms with Crippen LogP contribution in [0.3, 0.4) is 0 Å². The van der Waals surface area contributed by atoms with E-state index in [1.54, 1.807) is 6.07 Å². The minimum absolute atomic E-state index is 0.0233. The van der Waals surface area contributed by atoms with Crippen molar-refractivity contribution < 1.29 is 36.9 Å². The number of rotatable bonds is 8. The maximum atomic E-state index is 15.6. The summed E-state index contributed by atoms with van der Waals surface area (Å²) in [5.41, 5.74) is 0.558. The van der Waals surface area contributed by atoms with E-state index in [4.69, 9.17) is 9.47 Å². The van der Waals surface area contributed by atoms with Gasteiger partial charge in [-0.25, -0.2) is 32.3 Å². The summed E-state index contributed by atoms with van der Waals surface area (Å²) in [5, 5.41) is 9.56. The average Bonchev–Trinajstić information content (AvgIpc) is 3.51. The van der Waals surface area contributed by atoms with Crippen molar-refractivity contribution in [2.24, 2.45) is 5.41 Å². The van der Waals surface area contributed by atoms with Crippen molar-refractivity contribution in [3.05, 3.63) is 113 Å². The van der Waals surface area contributed by atoms with Gasteiger partial charge in [0.2, 0.25) is 5.88 Å². The summed E-state index contributed by atoms with van der Waals surface area (Å²) >= 11 is 0. The van der Waals surface area contributed by atoms with Crippen LogP contribution in [0, 0.1) is 28.7 Å². The standard InChI is InChI=1S/C33H27F4N3O4/c1-33(2)17-43-16-29(33)40-28-12-18(32(41)42)9-10-27(28)38-30(40)13-19-11-25(37)20(14-24(19)36)26-7-4-8-31(39-26)44-15-21-22(34)5-3-6-23(21)35/h3-12,14,29H,13,15-17H2,1-2H3,(H,41,42). The lowest BCUT2D eigenvalue weighted by molar-refractivity contribution is 0.0697. The highest BCUT2D eigenvalue weighted by molar-refractivity contribution is 5.92. The molecule has 0 bridgehead atoms. The Kier molecular flexibility index (Phi) is 7.58. The first-order valence-electron chi connectivity index (χ1n) is 13.8. The SMILES string of the molecule is CC1(C)COCC1n1c(Cc2cc(F)c(-c3cccc(OCc4c(F)cccc4F)n3)cc2F)nc2ccc(C(=O)O)cc21. The predicted octanol–water partition coefficient (Wildman–Crippen LogP) is 7.12. The van der Waals surface area contributed by atoms with Gasteiger partial charge in [-0.1, -0.05) is 26.0 Å². The van der Waals surface area contributed by atoms with Gasteiger partial charge in [0.05, 0.1) is 47.1 Å². The number of pyridine rings is 1. The molecule has 0 radical (unpaired) electrons. The molecule has 0 saturated carbocycles. The molecule has 5 aromatic rings. The molecule has 1 atom stereocenters. The first-order chi connectivity index (χ1) is 21.0. The number of aromatic nitrogens is 3. The lowest BCUT2D eigenvalue weighted by atomic mass is 9.87. The second kappa shape index (κ2) is 11.4.